The van der Waals surface area contributed by atoms with E-state index in [1.165, 1.54) is 0 Å². The molecule has 0 aliphatic rings. The fraction of sp³-hybridized carbons (Fsp3) is 1.00. The molecule has 1 unspecified atom stereocenters. The number of hydrogen-bond donors (Lipinski definition) is 0. The number of rotatable bonds is 7. The van der Waals surface area contributed by atoms with E-state index >= 15 is 0 Å². The smallest absolute Gasteiger partial charge is 0.0704 e. The van der Waals surface area contributed by atoms with Crippen molar-refractivity contribution in [3.63, 3.8) is 0 Å². The predicted molar refractivity (Wildman–Crippen MR) is 51.8 cm³/mol. The molecule has 0 saturated carbocycles. The van der Waals surface area contributed by atoms with E-state index in [1.807, 2.05) is 0 Å². The van der Waals surface area contributed by atoms with Crippen LogP contribution in [-0.2, 0) is 9.47 Å². The molecule has 3 heteroatoms. The minimum Gasteiger partial charge on any atom is -0.378 e. The molecule has 0 aromatic carbocycles. The van der Waals surface area contributed by atoms with Crippen molar-refractivity contribution >= 4 is 11.6 Å². The van der Waals surface area contributed by atoms with E-state index < -0.39 is 0 Å². The zero-order valence-electron chi connectivity index (χ0n) is 8.18. The van der Waals surface area contributed by atoms with E-state index in [2.05, 4.69) is 20.8 Å². The van der Waals surface area contributed by atoms with Crippen molar-refractivity contribution in [3.05, 3.63) is 0 Å². The van der Waals surface area contributed by atoms with Gasteiger partial charge in [0.1, 0.15) is 0 Å². The van der Waals surface area contributed by atoms with Crippen LogP contribution >= 0.6 is 11.6 Å². The largest absolute Gasteiger partial charge is 0.378 e. The van der Waals surface area contributed by atoms with Crippen molar-refractivity contribution in [2.45, 2.75) is 26.9 Å². The Kier molecular flexibility index (Phi) is 7.98. The zero-order valence-corrected chi connectivity index (χ0v) is 8.93. The Balaban J connectivity index is 3.08. The predicted octanol–water partition coefficient (Wildman–Crippen LogP) is 2.30. The topological polar surface area (TPSA) is 18.5 Å². The van der Waals surface area contributed by atoms with E-state index in [0.29, 0.717) is 37.7 Å². The monoisotopic (exact) mass is 194 g/mol. The summed E-state index contributed by atoms with van der Waals surface area (Å²) in [5.74, 6) is 1.12. The van der Waals surface area contributed by atoms with Crippen molar-refractivity contribution < 1.29 is 9.47 Å². The van der Waals surface area contributed by atoms with Crippen LogP contribution in [0.4, 0.5) is 0 Å². The minimum absolute atomic E-state index is 0.310. The zero-order chi connectivity index (χ0) is 9.40. The normalized spacial score (nSPS) is 13.8. The van der Waals surface area contributed by atoms with Crippen LogP contribution in [0.3, 0.4) is 0 Å². The van der Waals surface area contributed by atoms with Gasteiger partial charge in [0, 0.05) is 5.88 Å². The van der Waals surface area contributed by atoms with E-state index in [-0.39, 0.29) is 0 Å². The number of ether oxygens (including phenoxy) is 2. The molecule has 2 nitrogen and oxygen atoms in total. The molecule has 0 aliphatic heterocycles. The molecule has 0 fully saturated rings. The summed E-state index contributed by atoms with van der Waals surface area (Å²) >= 11 is 5.43. The SMILES string of the molecule is CC(C)C(C)OCCOCCCl. The Morgan fingerprint density at radius 2 is 1.75 bits per heavy atom. The second-order valence-electron chi connectivity index (χ2n) is 3.12. The van der Waals surface area contributed by atoms with Gasteiger partial charge in [-0.2, -0.15) is 0 Å². The molecule has 0 aliphatic carbocycles. The second kappa shape index (κ2) is 7.84. The van der Waals surface area contributed by atoms with Crippen molar-refractivity contribution in [3.8, 4) is 0 Å². The molecule has 0 rings (SSSR count). The standard InChI is InChI=1S/C9H19ClO2/c1-8(2)9(3)12-7-6-11-5-4-10/h8-9H,4-7H2,1-3H3. The van der Waals surface area contributed by atoms with Crippen LogP contribution in [0.2, 0.25) is 0 Å². The fourth-order valence-corrected chi connectivity index (χ4v) is 0.751. The summed E-state index contributed by atoms with van der Waals surface area (Å²) in [5.41, 5.74) is 0. The Morgan fingerprint density at radius 1 is 1.08 bits per heavy atom. The molecule has 74 valence electrons. The molecule has 0 N–H and O–H groups in total. The van der Waals surface area contributed by atoms with E-state index in [1.54, 1.807) is 0 Å². The lowest BCUT2D eigenvalue weighted by Crippen LogP contribution is -2.18. The number of halogens is 1. The molecule has 12 heavy (non-hydrogen) atoms. The third-order valence-corrected chi connectivity index (χ3v) is 1.92. The van der Waals surface area contributed by atoms with Gasteiger partial charge in [-0.25, -0.2) is 0 Å². The van der Waals surface area contributed by atoms with Crippen LogP contribution in [0.25, 0.3) is 0 Å². The first-order valence-corrected chi connectivity index (χ1v) is 4.97. The first-order chi connectivity index (χ1) is 5.68. The molecular weight excluding hydrogens is 176 g/mol. The lowest BCUT2D eigenvalue weighted by atomic mass is 10.1. The molecule has 0 amide bonds. The molecule has 0 heterocycles. The average molecular weight is 195 g/mol. The minimum atomic E-state index is 0.310. The summed E-state index contributed by atoms with van der Waals surface area (Å²) in [6.07, 6.45) is 0.310. The Bertz CT molecular complexity index is 96.5. The maximum absolute atomic E-state index is 5.48. The van der Waals surface area contributed by atoms with E-state index in [9.17, 15) is 0 Å². The van der Waals surface area contributed by atoms with Crippen molar-refractivity contribution in [1.82, 2.24) is 0 Å². The highest BCUT2D eigenvalue weighted by Crippen LogP contribution is 2.04. The van der Waals surface area contributed by atoms with Gasteiger partial charge in [-0.15, -0.1) is 11.6 Å². The van der Waals surface area contributed by atoms with Crippen LogP contribution in [0.1, 0.15) is 20.8 Å². The van der Waals surface area contributed by atoms with Gasteiger partial charge >= 0.3 is 0 Å². The summed E-state index contributed by atoms with van der Waals surface area (Å²) < 4.78 is 10.6. The highest BCUT2D eigenvalue weighted by molar-refractivity contribution is 6.17. The van der Waals surface area contributed by atoms with Gasteiger partial charge in [0.15, 0.2) is 0 Å². The van der Waals surface area contributed by atoms with Crippen molar-refractivity contribution in [2.24, 2.45) is 5.92 Å². The molecular formula is C9H19ClO2. The van der Waals surface area contributed by atoms with Gasteiger partial charge in [0.2, 0.25) is 0 Å². The maximum atomic E-state index is 5.48. The van der Waals surface area contributed by atoms with Crippen LogP contribution in [0, 0.1) is 5.92 Å². The highest BCUT2D eigenvalue weighted by atomic mass is 35.5. The van der Waals surface area contributed by atoms with Crippen LogP contribution in [0.5, 0.6) is 0 Å². The summed E-state index contributed by atoms with van der Waals surface area (Å²) in [4.78, 5) is 0. The summed E-state index contributed by atoms with van der Waals surface area (Å²) in [6, 6.07) is 0. The Morgan fingerprint density at radius 3 is 2.25 bits per heavy atom. The third-order valence-electron chi connectivity index (χ3n) is 1.77. The van der Waals surface area contributed by atoms with Gasteiger partial charge in [-0.05, 0) is 12.8 Å². The maximum Gasteiger partial charge on any atom is 0.0704 e. The van der Waals surface area contributed by atoms with E-state index in [4.69, 9.17) is 21.1 Å². The summed E-state index contributed by atoms with van der Waals surface area (Å²) in [6.45, 7) is 8.28. The highest BCUT2D eigenvalue weighted by Gasteiger charge is 2.05. The molecule has 0 radical (unpaired) electrons. The first-order valence-electron chi connectivity index (χ1n) is 4.43. The van der Waals surface area contributed by atoms with E-state index in [0.717, 1.165) is 0 Å². The summed E-state index contributed by atoms with van der Waals surface area (Å²) in [5, 5.41) is 0. The fourth-order valence-electron chi connectivity index (χ4n) is 0.642. The van der Waals surface area contributed by atoms with Gasteiger partial charge in [-0.3, -0.25) is 0 Å². The molecule has 0 spiro atoms. The lowest BCUT2D eigenvalue weighted by molar-refractivity contribution is -0.00320. The molecule has 0 aromatic heterocycles. The third kappa shape index (κ3) is 6.89. The van der Waals surface area contributed by atoms with Crippen molar-refractivity contribution in [1.29, 1.82) is 0 Å². The van der Waals surface area contributed by atoms with Crippen LogP contribution in [-0.4, -0.2) is 31.8 Å². The average Bonchev–Trinajstić information content (AvgIpc) is 2.03. The summed E-state index contributed by atoms with van der Waals surface area (Å²) in [7, 11) is 0. The Hall–Kier alpha value is 0.210. The van der Waals surface area contributed by atoms with Crippen LogP contribution < -0.4 is 0 Å². The first kappa shape index (κ1) is 12.2. The van der Waals surface area contributed by atoms with Crippen molar-refractivity contribution in [2.75, 3.05) is 25.7 Å². The Labute approximate surface area is 80.2 Å². The number of alkyl halides is 1. The number of hydrogen-bond acceptors (Lipinski definition) is 2. The van der Waals surface area contributed by atoms with Gasteiger partial charge < -0.3 is 9.47 Å². The second-order valence-corrected chi connectivity index (χ2v) is 3.50. The van der Waals surface area contributed by atoms with Crippen LogP contribution in [0.15, 0.2) is 0 Å². The van der Waals surface area contributed by atoms with Gasteiger partial charge in [0.05, 0.1) is 25.9 Å². The molecule has 1 atom stereocenters. The van der Waals surface area contributed by atoms with Gasteiger partial charge in [-0.1, -0.05) is 13.8 Å². The quantitative estimate of drug-likeness (QED) is 0.458. The molecule has 0 saturated heterocycles. The lowest BCUT2D eigenvalue weighted by Gasteiger charge is -2.16. The van der Waals surface area contributed by atoms with Gasteiger partial charge in [0.25, 0.3) is 0 Å². The molecule has 0 aromatic rings. The molecule has 0 bridgehead atoms.